The number of ketones is 2. The standard InChI is InChI=1S/C23H23FN2O2/c24-18-7-5-15(6-8-18)17-11-22(27)20(23(28)12-17)13-25-14-21-19-4-2-1-3-16(19)9-10-26-21/h1-8,13,17,20-21,26H,9-12,14H2/p+1/t17?,20?,21-/m1/s1. The molecule has 4 nitrogen and oxygen atoms in total. The number of nitrogens with zero attached hydrogens (tertiary/aromatic N) is 1. The van der Waals surface area contributed by atoms with Crippen molar-refractivity contribution in [1.29, 1.82) is 0 Å². The molecule has 2 aromatic carbocycles. The van der Waals surface area contributed by atoms with E-state index in [9.17, 15) is 14.0 Å². The van der Waals surface area contributed by atoms with Crippen LogP contribution >= 0.6 is 0 Å². The smallest absolute Gasteiger partial charge is 0.149 e. The normalized spacial score (nSPS) is 25.1. The summed E-state index contributed by atoms with van der Waals surface area (Å²) in [5.41, 5.74) is 3.49. The summed E-state index contributed by atoms with van der Waals surface area (Å²) >= 11 is 0. The van der Waals surface area contributed by atoms with E-state index < -0.39 is 5.92 Å². The number of Topliss-reactive ketones (excluding diaryl/α,β-unsaturated/α-hetero) is 2. The number of nitrogens with two attached hydrogens (primary N) is 1. The summed E-state index contributed by atoms with van der Waals surface area (Å²) in [7, 11) is 0. The first-order valence-electron chi connectivity index (χ1n) is 9.84. The molecule has 4 rings (SSSR count). The van der Waals surface area contributed by atoms with Crippen molar-refractivity contribution in [2.24, 2.45) is 10.9 Å². The summed E-state index contributed by atoms with van der Waals surface area (Å²) in [6, 6.07) is 14.7. The first-order chi connectivity index (χ1) is 13.6. The van der Waals surface area contributed by atoms with Crippen molar-refractivity contribution in [2.75, 3.05) is 13.1 Å². The molecule has 0 unspecified atom stereocenters. The number of fused-ring (bicyclic) bond motifs is 1. The number of benzene rings is 2. The highest BCUT2D eigenvalue weighted by atomic mass is 19.1. The van der Waals surface area contributed by atoms with Crippen LogP contribution in [0.5, 0.6) is 0 Å². The van der Waals surface area contributed by atoms with Gasteiger partial charge in [-0.2, -0.15) is 0 Å². The lowest BCUT2D eigenvalue weighted by molar-refractivity contribution is -0.696. The van der Waals surface area contributed by atoms with E-state index in [4.69, 9.17) is 0 Å². The highest BCUT2D eigenvalue weighted by Gasteiger charge is 2.35. The van der Waals surface area contributed by atoms with Gasteiger partial charge in [0, 0.05) is 31.0 Å². The summed E-state index contributed by atoms with van der Waals surface area (Å²) in [5.74, 6) is -1.41. The van der Waals surface area contributed by atoms with Crippen molar-refractivity contribution >= 4 is 17.8 Å². The molecule has 144 valence electrons. The second kappa shape index (κ2) is 8.15. The maximum atomic E-state index is 13.1. The Morgan fingerprint density at radius 1 is 1.04 bits per heavy atom. The maximum absolute atomic E-state index is 13.1. The molecule has 0 aromatic heterocycles. The fourth-order valence-corrected chi connectivity index (χ4v) is 4.27. The van der Waals surface area contributed by atoms with Crippen molar-refractivity contribution in [1.82, 2.24) is 0 Å². The third-order valence-electron chi connectivity index (χ3n) is 5.81. The van der Waals surface area contributed by atoms with Crippen LogP contribution in [-0.4, -0.2) is 30.9 Å². The molecule has 1 aliphatic carbocycles. The number of rotatable bonds is 4. The Morgan fingerprint density at radius 2 is 1.75 bits per heavy atom. The highest BCUT2D eigenvalue weighted by Crippen LogP contribution is 2.31. The molecule has 0 spiro atoms. The minimum absolute atomic E-state index is 0.0950. The van der Waals surface area contributed by atoms with E-state index in [0.717, 1.165) is 18.5 Å². The number of halogens is 1. The summed E-state index contributed by atoms with van der Waals surface area (Å²) < 4.78 is 13.1. The van der Waals surface area contributed by atoms with E-state index in [2.05, 4.69) is 28.5 Å². The first kappa shape index (κ1) is 18.7. The highest BCUT2D eigenvalue weighted by molar-refractivity contribution is 6.16. The number of carbonyl (C=O) groups is 2. The van der Waals surface area contributed by atoms with Crippen LogP contribution in [0.4, 0.5) is 4.39 Å². The summed E-state index contributed by atoms with van der Waals surface area (Å²) in [5, 5.41) is 2.27. The van der Waals surface area contributed by atoms with Gasteiger partial charge in [0.25, 0.3) is 0 Å². The van der Waals surface area contributed by atoms with Gasteiger partial charge in [-0.15, -0.1) is 0 Å². The Balaban J connectivity index is 1.40. The van der Waals surface area contributed by atoms with Crippen LogP contribution in [0.1, 0.15) is 41.5 Å². The second-order valence-electron chi connectivity index (χ2n) is 7.66. The molecule has 1 fully saturated rings. The minimum atomic E-state index is -0.740. The fourth-order valence-electron chi connectivity index (χ4n) is 4.27. The zero-order valence-electron chi connectivity index (χ0n) is 15.7. The molecule has 28 heavy (non-hydrogen) atoms. The second-order valence-corrected chi connectivity index (χ2v) is 7.66. The molecule has 2 N–H and O–H groups in total. The van der Waals surface area contributed by atoms with Gasteiger partial charge in [0.2, 0.25) is 0 Å². The average Bonchev–Trinajstić information content (AvgIpc) is 2.70. The number of aliphatic imine (C=N–C) groups is 1. The van der Waals surface area contributed by atoms with Crippen molar-refractivity contribution in [3.63, 3.8) is 0 Å². The topological polar surface area (TPSA) is 63.1 Å². The van der Waals surface area contributed by atoms with Crippen LogP contribution in [0.25, 0.3) is 0 Å². The monoisotopic (exact) mass is 379 g/mol. The lowest BCUT2D eigenvalue weighted by Crippen LogP contribution is -2.87. The Morgan fingerprint density at radius 3 is 2.50 bits per heavy atom. The van der Waals surface area contributed by atoms with Gasteiger partial charge in [0.1, 0.15) is 29.3 Å². The predicted octanol–water partition coefficient (Wildman–Crippen LogP) is 2.39. The first-order valence-corrected chi connectivity index (χ1v) is 9.84. The zero-order chi connectivity index (χ0) is 19.5. The van der Waals surface area contributed by atoms with Crippen molar-refractivity contribution in [3.8, 4) is 0 Å². The van der Waals surface area contributed by atoms with Crippen LogP contribution in [0.3, 0.4) is 0 Å². The predicted molar refractivity (Wildman–Crippen MR) is 105 cm³/mol. The number of hydrogen-bond acceptors (Lipinski definition) is 3. The third kappa shape index (κ3) is 3.94. The molecular formula is C23H24FN2O2+. The van der Waals surface area contributed by atoms with Crippen LogP contribution in [0.15, 0.2) is 53.5 Å². The van der Waals surface area contributed by atoms with Crippen molar-refractivity contribution in [2.45, 2.75) is 31.2 Å². The zero-order valence-corrected chi connectivity index (χ0v) is 15.7. The Bertz CT molecular complexity index is 889. The van der Waals surface area contributed by atoms with Crippen LogP contribution in [0.2, 0.25) is 0 Å². The van der Waals surface area contributed by atoms with Crippen LogP contribution in [0, 0.1) is 11.7 Å². The van der Waals surface area contributed by atoms with Crippen molar-refractivity contribution < 1.29 is 19.3 Å². The van der Waals surface area contributed by atoms with E-state index in [1.165, 1.54) is 23.3 Å². The summed E-state index contributed by atoms with van der Waals surface area (Å²) in [6.07, 6.45) is 3.20. The molecule has 5 heteroatoms. The largest absolute Gasteiger partial charge is 0.338 e. The molecule has 0 saturated heterocycles. The van der Waals surface area contributed by atoms with Gasteiger partial charge < -0.3 is 5.32 Å². The molecule has 2 aliphatic rings. The quantitative estimate of drug-likeness (QED) is 0.655. The average molecular weight is 379 g/mol. The van der Waals surface area contributed by atoms with Gasteiger partial charge in [-0.05, 0) is 29.2 Å². The molecular weight excluding hydrogens is 355 g/mol. The number of carbonyl (C=O) groups excluding carboxylic acids is 2. The van der Waals surface area contributed by atoms with Gasteiger partial charge in [0.15, 0.2) is 0 Å². The number of hydrogen-bond donors (Lipinski definition) is 1. The Kier molecular flexibility index (Phi) is 5.44. The van der Waals surface area contributed by atoms with Gasteiger partial charge >= 0.3 is 0 Å². The molecule has 1 saturated carbocycles. The van der Waals surface area contributed by atoms with Crippen molar-refractivity contribution in [3.05, 3.63) is 71.0 Å². The molecule has 0 radical (unpaired) electrons. The summed E-state index contributed by atoms with van der Waals surface area (Å²) in [6.45, 7) is 1.59. The van der Waals surface area contributed by atoms with Gasteiger partial charge in [-0.3, -0.25) is 14.6 Å². The fraction of sp³-hybridized carbons (Fsp3) is 0.348. The van der Waals surface area contributed by atoms with Crippen LogP contribution < -0.4 is 5.32 Å². The lowest BCUT2D eigenvalue weighted by Gasteiger charge is -2.25. The molecule has 1 heterocycles. The lowest BCUT2D eigenvalue weighted by atomic mass is 9.77. The maximum Gasteiger partial charge on any atom is 0.149 e. The van der Waals surface area contributed by atoms with E-state index in [1.807, 2.05) is 6.07 Å². The van der Waals surface area contributed by atoms with E-state index in [0.29, 0.717) is 19.4 Å². The SMILES string of the molecule is O=C1CC(c2ccc(F)cc2)CC(=O)C1C=NC[C@H]1[NH2+]CCc2ccccc21. The molecule has 1 aliphatic heterocycles. The van der Waals surface area contributed by atoms with E-state index in [1.54, 1.807) is 18.3 Å². The number of quaternary nitrogens is 1. The Labute approximate surface area is 163 Å². The van der Waals surface area contributed by atoms with E-state index in [-0.39, 0.29) is 29.3 Å². The minimum Gasteiger partial charge on any atom is -0.338 e. The van der Waals surface area contributed by atoms with Crippen LogP contribution in [-0.2, 0) is 16.0 Å². The van der Waals surface area contributed by atoms with Gasteiger partial charge in [-0.25, -0.2) is 4.39 Å². The van der Waals surface area contributed by atoms with Gasteiger partial charge in [-0.1, -0.05) is 36.4 Å². The molecule has 0 amide bonds. The molecule has 2 aromatic rings. The Hall–Kier alpha value is -2.66. The van der Waals surface area contributed by atoms with Gasteiger partial charge in [0.05, 0.1) is 13.1 Å². The molecule has 1 atom stereocenters. The van der Waals surface area contributed by atoms with E-state index >= 15 is 0 Å². The molecule has 0 bridgehead atoms. The summed E-state index contributed by atoms with van der Waals surface area (Å²) in [4.78, 5) is 29.6. The third-order valence-corrected chi connectivity index (χ3v) is 5.81.